The number of carboxylic acids is 1. The Bertz CT molecular complexity index is 398. The lowest BCUT2D eigenvalue weighted by Crippen LogP contribution is -2.41. The van der Waals surface area contributed by atoms with Crippen LogP contribution in [0.1, 0.15) is 19.3 Å². The SMILES string of the molecule is O=C(O)CC1CC2(CCN(C(=O)C(F)(F)F)C2)CO1. The van der Waals surface area contributed by atoms with E-state index in [4.69, 9.17) is 9.84 Å². The minimum Gasteiger partial charge on any atom is -0.481 e. The number of nitrogens with zero attached hydrogens (tertiary/aromatic N) is 1. The van der Waals surface area contributed by atoms with Gasteiger partial charge in [-0.1, -0.05) is 0 Å². The number of aliphatic carboxylic acids is 1. The van der Waals surface area contributed by atoms with Crippen LogP contribution in [0.25, 0.3) is 0 Å². The Labute approximate surface area is 107 Å². The fourth-order valence-electron chi connectivity index (χ4n) is 2.79. The summed E-state index contributed by atoms with van der Waals surface area (Å²) in [5, 5.41) is 8.66. The molecule has 2 aliphatic rings. The van der Waals surface area contributed by atoms with Gasteiger partial charge in [-0.2, -0.15) is 13.2 Å². The van der Waals surface area contributed by atoms with Crippen LogP contribution >= 0.6 is 0 Å². The molecule has 0 aromatic rings. The fourth-order valence-corrected chi connectivity index (χ4v) is 2.79. The number of hydrogen-bond acceptors (Lipinski definition) is 3. The zero-order valence-corrected chi connectivity index (χ0v) is 10.1. The smallest absolute Gasteiger partial charge is 0.471 e. The number of ether oxygens (including phenoxy) is 1. The Kier molecular flexibility index (Phi) is 3.46. The highest BCUT2D eigenvalue weighted by Crippen LogP contribution is 2.42. The molecule has 0 aromatic heterocycles. The molecule has 0 saturated carbocycles. The first kappa shape index (κ1) is 14.1. The Morgan fingerprint density at radius 2 is 2.11 bits per heavy atom. The van der Waals surface area contributed by atoms with E-state index in [1.165, 1.54) is 0 Å². The molecule has 0 radical (unpaired) electrons. The van der Waals surface area contributed by atoms with E-state index in [0.29, 0.717) is 12.8 Å². The summed E-state index contributed by atoms with van der Waals surface area (Å²) in [7, 11) is 0. The molecule has 2 fully saturated rings. The average Bonchev–Trinajstić information content (AvgIpc) is 2.84. The molecule has 8 heteroatoms. The third-order valence-electron chi connectivity index (χ3n) is 3.66. The van der Waals surface area contributed by atoms with E-state index in [1.807, 2.05) is 0 Å². The summed E-state index contributed by atoms with van der Waals surface area (Å²) in [6, 6.07) is 0. The van der Waals surface area contributed by atoms with E-state index < -0.39 is 29.6 Å². The molecule has 2 atom stereocenters. The normalized spacial score (nSPS) is 31.1. The lowest BCUT2D eigenvalue weighted by molar-refractivity contribution is -0.184. The minimum atomic E-state index is -4.86. The average molecular weight is 281 g/mol. The van der Waals surface area contributed by atoms with Crippen LogP contribution in [0.5, 0.6) is 0 Å². The molecule has 0 aliphatic carbocycles. The second-order valence-electron chi connectivity index (χ2n) is 5.21. The quantitative estimate of drug-likeness (QED) is 0.821. The van der Waals surface area contributed by atoms with Crippen molar-refractivity contribution < 1.29 is 32.6 Å². The summed E-state index contributed by atoms with van der Waals surface area (Å²) in [4.78, 5) is 22.5. The van der Waals surface area contributed by atoms with Crippen molar-refractivity contribution in [1.29, 1.82) is 0 Å². The summed E-state index contributed by atoms with van der Waals surface area (Å²) < 4.78 is 42.3. The maximum absolute atomic E-state index is 12.3. The van der Waals surface area contributed by atoms with Crippen molar-refractivity contribution >= 4 is 11.9 Å². The summed E-state index contributed by atoms with van der Waals surface area (Å²) in [6.45, 7) is 0.246. The van der Waals surface area contributed by atoms with Gasteiger partial charge >= 0.3 is 18.1 Å². The maximum Gasteiger partial charge on any atom is 0.471 e. The van der Waals surface area contributed by atoms with Gasteiger partial charge in [0, 0.05) is 18.5 Å². The van der Waals surface area contributed by atoms with Crippen LogP contribution in [0.15, 0.2) is 0 Å². The van der Waals surface area contributed by atoms with Gasteiger partial charge in [-0.25, -0.2) is 0 Å². The number of carbonyl (C=O) groups excluding carboxylic acids is 1. The summed E-state index contributed by atoms with van der Waals surface area (Å²) in [5.41, 5.74) is -0.513. The van der Waals surface area contributed by atoms with Gasteiger partial charge in [-0.05, 0) is 12.8 Å². The Morgan fingerprint density at radius 1 is 1.42 bits per heavy atom. The predicted molar refractivity (Wildman–Crippen MR) is 56.3 cm³/mol. The predicted octanol–water partition coefficient (Wildman–Crippen LogP) is 1.03. The van der Waals surface area contributed by atoms with Crippen molar-refractivity contribution in [2.75, 3.05) is 19.7 Å². The standard InChI is InChI=1S/C11H14F3NO4/c12-11(13,14)9(18)15-2-1-10(5-15)4-7(19-6-10)3-8(16)17/h7H,1-6H2,(H,16,17). The molecule has 2 aliphatic heterocycles. The molecule has 1 N–H and O–H groups in total. The molecule has 0 bridgehead atoms. The first-order valence-corrected chi connectivity index (χ1v) is 5.91. The molecule has 0 aromatic carbocycles. The van der Waals surface area contributed by atoms with Crippen LogP contribution in [-0.2, 0) is 14.3 Å². The molecule has 1 amide bonds. The molecule has 1 spiro atoms. The molecule has 2 heterocycles. The molecular formula is C11H14F3NO4. The molecule has 2 unspecified atom stereocenters. The Hall–Kier alpha value is -1.31. The molecular weight excluding hydrogens is 267 g/mol. The molecule has 19 heavy (non-hydrogen) atoms. The van der Waals surface area contributed by atoms with E-state index in [2.05, 4.69) is 0 Å². The van der Waals surface area contributed by atoms with Gasteiger partial charge in [0.2, 0.25) is 0 Å². The summed E-state index contributed by atoms with van der Waals surface area (Å²) >= 11 is 0. The van der Waals surface area contributed by atoms with Crippen molar-refractivity contribution in [3.8, 4) is 0 Å². The second-order valence-corrected chi connectivity index (χ2v) is 5.21. The highest BCUT2D eigenvalue weighted by atomic mass is 19.4. The van der Waals surface area contributed by atoms with E-state index >= 15 is 0 Å². The lowest BCUT2D eigenvalue weighted by Gasteiger charge is -2.22. The number of amides is 1. The van der Waals surface area contributed by atoms with Crippen molar-refractivity contribution in [1.82, 2.24) is 4.90 Å². The Morgan fingerprint density at radius 3 is 2.68 bits per heavy atom. The van der Waals surface area contributed by atoms with Crippen molar-refractivity contribution in [2.45, 2.75) is 31.5 Å². The lowest BCUT2D eigenvalue weighted by atomic mass is 9.84. The van der Waals surface area contributed by atoms with Crippen LogP contribution in [0, 0.1) is 5.41 Å². The number of carbonyl (C=O) groups is 2. The third kappa shape index (κ3) is 2.99. The van der Waals surface area contributed by atoms with Gasteiger partial charge < -0.3 is 14.7 Å². The van der Waals surface area contributed by atoms with Crippen LogP contribution in [0.2, 0.25) is 0 Å². The van der Waals surface area contributed by atoms with Crippen LogP contribution in [-0.4, -0.2) is 53.9 Å². The van der Waals surface area contributed by atoms with E-state index in [9.17, 15) is 22.8 Å². The van der Waals surface area contributed by atoms with Gasteiger partial charge in [-0.3, -0.25) is 9.59 Å². The summed E-state index contributed by atoms with van der Waals surface area (Å²) in [5.74, 6) is -2.82. The highest BCUT2D eigenvalue weighted by molar-refractivity contribution is 5.82. The molecule has 5 nitrogen and oxygen atoms in total. The second kappa shape index (κ2) is 4.66. The minimum absolute atomic E-state index is 0.0124. The number of halogens is 3. The summed E-state index contributed by atoms with van der Waals surface area (Å²) in [6.07, 6.45) is -4.68. The van der Waals surface area contributed by atoms with E-state index in [-0.39, 0.29) is 26.1 Å². The van der Waals surface area contributed by atoms with Gasteiger partial charge in [0.25, 0.3) is 0 Å². The number of carboxylic acid groups (broad SMARTS) is 1. The zero-order valence-electron chi connectivity index (χ0n) is 10.1. The highest BCUT2D eigenvalue weighted by Gasteiger charge is 2.51. The monoisotopic (exact) mass is 281 g/mol. The van der Waals surface area contributed by atoms with Gasteiger partial charge in [0.05, 0.1) is 19.1 Å². The molecule has 108 valence electrons. The van der Waals surface area contributed by atoms with Crippen molar-refractivity contribution in [2.24, 2.45) is 5.41 Å². The van der Waals surface area contributed by atoms with Crippen molar-refractivity contribution in [3.63, 3.8) is 0 Å². The topological polar surface area (TPSA) is 66.8 Å². The largest absolute Gasteiger partial charge is 0.481 e. The Balaban J connectivity index is 1.95. The van der Waals surface area contributed by atoms with E-state index in [0.717, 1.165) is 4.90 Å². The number of hydrogen-bond donors (Lipinski definition) is 1. The van der Waals surface area contributed by atoms with Gasteiger partial charge in [-0.15, -0.1) is 0 Å². The van der Waals surface area contributed by atoms with Gasteiger partial charge in [0.1, 0.15) is 0 Å². The molecule has 2 rings (SSSR count). The zero-order chi connectivity index (χ0) is 14.3. The third-order valence-corrected chi connectivity index (χ3v) is 3.66. The number of alkyl halides is 3. The fraction of sp³-hybridized carbons (Fsp3) is 0.818. The van der Waals surface area contributed by atoms with Crippen molar-refractivity contribution in [3.05, 3.63) is 0 Å². The number of likely N-dealkylation sites (tertiary alicyclic amines) is 1. The van der Waals surface area contributed by atoms with Crippen LogP contribution < -0.4 is 0 Å². The van der Waals surface area contributed by atoms with Crippen LogP contribution in [0.3, 0.4) is 0 Å². The number of rotatable bonds is 2. The van der Waals surface area contributed by atoms with Gasteiger partial charge in [0.15, 0.2) is 0 Å². The molecule has 2 saturated heterocycles. The van der Waals surface area contributed by atoms with Crippen LogP contribution in [0.4, 0.5) is 13.2 Å². The first-order chi connectivity index (χ1) is 8.72. The maximum atomic E-state index is 12.3. The van der Waals surface area contributed by atoms with E-state index in [1.54, 1.807) is 0 Å². The first-order valence-electron chi connectivity index (χ1n) is 5.91.